The predicted molar refractivity (Wildman–Crippen MR) is 89.4 cm³/mol. The van der Waals surface area contributed by atoms with Gasteiger partial charge in [-0.3, -0.25) is 10.1 Å². The van der Waals surface area contributed by atoms with E-state index in [0.29, 0.717) is 10.7 Å². The summed E-state index contributed by atoms with van der Waals surface area (Å²) in [5.74, 6) is -0.714. The second-order valence-electron chi connectivity index (χ2n) is 4.10. The van der Waals surface area contributed by atoms with Crippen LogP contribution in [0.1, 0.15) is 0 Å². The first-order valence-electron chi connectivity index (χ1n) is 5.84. The summed E-state index contributed by atoms with van der Waals surface area (Å²) >= 11 is 16.9. The van der Waals surface area contributed by atoms with Gasteiger partial charge in [-0.15, -0.1) is 0 Å². The molecule has 2 rings (SSSR count). The van der Waals surface area contributed by atoms with Crippen molar-refractivity contribution < 1.29 is 9.31 Å². The Morgan fingerprint density at radius 2 is 1.86 bits per heavy atom. The molecule has 5 nitrogen and oxygen atoms in total. The molecule has 0 heterocycles. The molecule has 0 aliphatic heterocycles. The van der Waals surface area contributed by atoms with Crippen molar-refractivity contribution in [3.8, 4) is 0 Å². The van der Waals surface area contributed by atoms with Crippen molar-refractivity contribution in [3.05, 3.63) is 62.4 Å². The normalized spacial score (nSPS) is 10.1. The fourth-order valence-electron chi connectivity index (χ4n) is 1.64. The average Bonchev–Trinajstić information content (AvgIpc) is 2.45. The largest absolute Gasteiger partial charge is 0.331 e. The molecule has 0 aromatic heterocycles. The molecule has 22 heavy (non-hydrogen) atoms. The van der Waals surface area contributed by atoms with E-state index in [0.717, 1.165) is 12.1 Å². The number of rotatable bonds is 3. The van der Waals surface area contributed by atoms with Crippen molar-refractivity contribution in [2.45, 2.75) is 0 Å². The van der Waals surface area contributed by atoms with Crippen LogP contribution < -0.4 is 10.6 Å². The van der Waals surface area contributed by atoms with Gasteiger partial charge in [0.2, 0.25) is 0 Å². The number of nitrogens with one attached hydrogen (secondary N) is 2. The minimum Gasteiger partial charge on any atom is -0.331 e. The molecule has 0 saturated heterocycles. The number of hydrogen-bond acceptors (Lipinski definition) is 3. The molecule has 114 valence electrons. The van der Waals surface area contributed by atoms with Gasteiger partial charge < -0.3 is 10.6 Å². The number of halogens is 3. The molecule has 0 aliphatic rings. The first-order chi connectivity index (χ1) is 10.4. The van der Waals surface area contributed by atoms with Gasteiger partial charge >= 0.3 is 0 Å². The zero-order chi connectivity index (χ0) is 16.3. The molecule has 9 heteroatoms. The predicted octanol–water partition coefficient (Wildman–Crippen LogP) is 4.85. The van der Waals surface area contributed by atoms with Gasteiger partial charge in [0, 0.05) is 0 Å². The summed E-state index contributed by atoms with van der Waals surface area (Å²) in [4.78, 5) is 10.2. The minimum absolute atomic E-state index is 0.0545. The lowest BCUT2D eigenvalue weighted by Gasteiger charge is -2.12. The number of nitro groups is 1. The van der Waals surface area contributed by atoms with Crippen molar-refractivity contribution >= 4 is 57.6 Å². The van der Waals surface area contributed by atoms with Gasteiger partial charge in [0.15, 0.2) is 5.11 Å². The molecule has 0 atom stereocenters. The van der Waals surface area contributed by atoms with Gasteiger partial charge in [0.1, 0.15) is 11.5 Å². The first kappa shape index (κ1) is 16.4. The summed E-state index contributed by atoms with van der Waals surface area (Å²) in [5, 5.41) is 17.0. The zero-order valence-electron chi connectivity index (χ0n) is 10.8. The molecular formula is C13H8Cl2FN3O2S. The quantitative estimate of drug-likeness (QED) is 0.465. The minimum atomic E-state index is -0.714. The third-order valence-electron chi connectivity index (χ3n) is 2.60. The Morgan fingerprint density at radius 3 is 2.55 bits per heavy atom. The SMILES string of the molecule is O=[N+]([O-])c1cc(F)ccc1NC(=S)Nc1cccc(Cl)c1Cl. The lowest BCUT2D eigenvalue weighted by Crippen LogP contribution is -2.20. The Bertz CT molecular complexity index is 758. The second-order valence-corrected chi connectivity index (χ2v) is 5.29. The van der Waals surface area contributed by atoms with Crippen molar-refractivity contribution in [1.82, 2.24) is 0 Å². The van der Waals surface area contributed by atoms with Gasteiger partial charge in [0.25, 0.3) is 5.69 Å². The topological polar surface area (TPSA) is 67.2 Å². The summed E-state index contributed by atoms with van der Waals surface area (Å²) in [5.41, 5.74) is 0.0693. The standard InChI is InChI=1S/C13H8Cl2FN3O2S/c14-8-2-1-3-10(12(8)15)18-13(22)17-9-5-4-7(16)6-11(9)19(20)21/h1-6H,(H2,17,18,22). The highest BCUT2D eigenvalue weighted by Crippen LogP contribution is 2.30. The van der Waals surface area contributed by atoms with Gasteiger partial charge in [0.05, 0.1) is 26.7 Å². The molecule has 0 radical (unpaired) electrons. The van der Waals surface area contributed by atoms with Crippen LogP contribution in [0.15, 0.2) is 36.4 Å². The molecule has 2 aromatic rings. The Labute approximate surface area is 140 Å². The van der Waals surface area contributed by atoms with Crippen LogP contribution in [-0.4, -0.2) is 10.0 Å². The van der Waals surface area contributed by atoms with E-state index in [9.17, 15) is 14.5 Å². The molecule has 2 aromatic carbocycles. The van der Waals surface area contributed by atoms with E-state index in [4.69, 9.17) is 35.4 Å². The van der Waals surface area contributed by atoms with Crippen molar-refractivity contribution in [2.75, 3.05) is 10.6 Å². The molecular weight excluding hydrogens is 352 g/mol. The van der Waals surface area contributed by atoms with Gasteiger partial charge in [-0.05, 0) is 36.5 Å². The fraction of sp³-hybridized carbons (Fsp3) is 0. The van der Waals surface area contributed by atoms with E-state index < -0.39 is 16.4 Å². The zero-order valence-corrected chi connectivity index (χ0v) is 13.1. The number of nitro benzene ring substituents is 1. The summed E-state index contributed by atoms with van der Waals surface area (Å²) < 4.78 is 13.1. The maximum atomic E-state index is 13.1. The molecule has 0 unspecified atom stereocenters. The number of thiocarbonyl (C=S) groups is 1. The fourth-order valence-corrected chi connectivity index (χ4v) is 2.21. The van der Waals surface area contributed by atoms with E-state index in [1.54, 1.807) is 18.2 Å². The van der Waals surface area contributed by atoms with E-state index in [2.05, 4.69) is 10.6 Å². The lowest BCUT2D eigenvalue weighted by atomic mass is 10.2. The van der Waals surface area contributed by atoms with Crippen molar-refractivity contribution in [2.24, 2.45) is 0 Å². The van der Waals surface area contributed by atoms with Crippen LogP contribution in [0, 0.1) is 15.9 Å². The Balaban J connectivity index is 2.19. The monoisotopic (exact) mass is 359 g/mol. The molecule has 2 N–H and O–H groups in total. The van der Waals surface area contributed by atoms with Gasteiger partial charge in [-0.1, -0.05) is 29.3 Å². The molecule has 0 aliphatic carbocycles. The summed E-state index contributed by atoms with van der Waals surface area (Å²) in [6.07, 6.45) is 0. The van der Waals surface area contributed by atoms with E-state index in [1.165, 1.54) is 6.07 Å². The molecule has 0 spiro atoms. The van der Waals surface area contributed by atoms with E-state index >= 15 is 0 Å². The van der Waals surface area contributed by atoms with E-state index in [-0.39, 0.29) is 15.8 Å². The summed E-state index contributed by atoms with van der Waals surface area (Å²) in [6, 6.07) is 8.03. The number of nitrogens with zero attached hydrogens (tertiary/aromatic N) is 1. The third-order valence-corrected chi connectivity index (χ3v) is 3.63. The maximum Gasteiger partial charge on any atom is 0.295 e. The number of anilines is 2. The van der Waals surface area contributed by atoms with Crippen LogP contribution in [0.3, 0.4) is 0 Å². The summed E-state index contributed by atoms with van der Waals surface area (Å²) in [7, 11) is 0. The van der Waals surface area contributed by atoms with Crippen molar-refractivity contribution in [3.63, 3.8) is 0 Å². The van der Waals surface area contributed by atoms with Gasteiger partial charge in [-0.2, -0.15) is 0 Å². The van der Waals surface area contributed by atoms with Crippen LogP contribution in [0.5, 0.6) is 0 Å². The molecule has 0 bridgehead atoms. The van der Waals surface area contributed by atoms with Crippen molar-refractivity contribution in [1.29, 1.82) is 0 Å². The molecule has 0 amide bonds. The lowest BCUT2D eigenvalue weighted by molar-refractivity contribution is -0.384. The third kappa shape index (κ3) is 3.82. The number of hydrogen-bond donors (Lipinski definition) is 2. The Hall–Kier alpha value is -1.96. The molecule has 0 saturated carbocycles. The van der Waals surface area contributed by atoms with Crippen LogP contribution in [0.4, 0.5) is 21.5 Å². The maximum absolute atomic E-state index is 13.1. The first-order valence-corrected chi connectivity index (χ1v) is 7.01. The Kier molecular flexibility index (Phi) is 5.12. The van der Waals surface area contributed by atoms with Crippen LogP contribution in [0.25, 0.3) is 0 Å². The summed E-state index contributed by atoms with van der Waals surface area (Å²) in [6.45, 7) is 0. The highest BCUT2D eigenvalue weighted by atomic mass is 35.5. The van der Waals surface area contributed by atoms with Crippen LogP contribution >= 0.6 is 35.4 Å². The smallest absolute Gasteiger partial charge is 0.295 e. The van der Waals surface area contributed by atoms with Crippen LogP contribution in [0.2, 0.25) is 10.0 Å². The highest BCUT2D eigenvalue weighted by Gasteiger charge is 2.16. The number of benzene rings is 2. The van der Waals surface area contributed by atoms with Crippen LogP contribution in [-0.2, 0) is 0 Å². The van der Waals surface area contributed by atoms with E-state index in [1.807, 2.05) is 0 Å². The highest BCUT2D eigenvalue weighted by molar-refractivity contribution is 7.80. The average molecular weight is 360 g/mol. The Morgan fingerprint density at radius 1 is 1.18 bits per heavy atom. The second kappa shape index (κ2) is 6.87. The van der Waals surface area contributed by atoms with Gasteiger partial charge in [-0.25, -0.2) is 4.39 Å². The molecule has 0 fully saturated rings.